The number of halogens is 1. The summed E-state index contributed by atoms with van der Waals surface area (Å²) in [5.41, 5.74) is 8.01. The van der Waals surface area contributed by atoms with Crippen LogP contribution in [0.1, 0.15) is 17.2 Å². The summed E-state index contributed by atoms with van der Waals surface area (Å²) >= 11 is 0. The van der Waals surface area contributed by atoms with E-state index in [1.165, 1.54) is 0 Å². The molecule has 0 fully saturated rings. The van der Waals surface area contributed by atoms with E-state index in [0.717, 1.165) is 11.1 Å². The summed E-state index contributed by atoms with van der Waals surface area (Å²) in [6.07, 6.45) is 1.21. The van der Waals surface area contributed by atoms with Crippen LogP contribution in [-0.2, 0) is 0 Å². The molecular weight excluding hydrogens is 218 g/mol. The van der Waals surface area contributed by atoms with Crippen molar-refractivity contribution in [2.45, 2.75) is 6.10 Å². The maximum absolute atomic E-state index is 9.46. The van der Waals surface area contributed by atoms with Gasteiger partial charge in [0.2, 0.25) is 0 Å². The molecule has 0 radical (unpaired) electrons. The Hall–Kier alpha value is -0.800. The van der Waals surface area contributed by atoms with Gasteiger partial charge in [-0.25, -0.2) is 0 Å². The zero-order chi connectivity index (χ0) is 7.84. The van der Waals surface area contributed by atoms with Gasteiger partial charge < -0.3 is 10.8 Å². The average Bonchev–Trinajstić information content (AvgIpc) is 2.30. The minimum absolute atomic E-state index is 0. The van der Waals surface area contributed by atoms with Gasteiger partial charge in [-0.2, -0.15) is 0 Å². The summed E-state index contributed by atoms with van der Waals surface area (Å²) in [6, 6.07) is 7.66. The highest BCUT2D eigenvalue weighted by atomic mass is 79.9. The summed E-state index contributed by atoms with van der Waals surface area (Å²) in [6.45, 7) is 0. The third kappa shape index (κ3) is 1.26. The van der Waals surface area contributed by atoms with E-state index in [9.17, 15) is 5.11 Å². The standard InChI is InChI=1S/C9H9NO.BrH/c10-8-5-6-3-1-2-4-7(6)9(8)11;/h1-5,9,11H,10H2;1H. The van der Waals surface area contributed by atoms with Gasteiger partial charge in [-0.1, -0.05) is 24.3 Å². The fraction of sp³-hybridized carbons (Fsp3) is 0.111. The van der Waals surface area contributed by atoms with Crippen LogP contribution in [0.15, 0.2) is 30.0 Å². The molecule has 1 aliphatic rings. The highest BCUT2D eigenvalue weighted by Gasteiger charge is 2.19. The Morgan fingerprint density at radius 3 is 2.58 bits per heavy atom. The van der Waals surface area contributed by atoms with Crippen molar-refractivity contribution < 1.29 is 5.11 Å². The number of rotatable bonds is 0. The molecule has 0 bridgehead atoms. The first-order chi connectivity index (χ1) is 5.29. The van der Waals surface area contributed by atoms with E-state index in [2.05, 4.69) is 0 Å². The quantitative estimate of drug-likeness (QED) is 0.708. The fourth-order valence-corrected chi connectivity index (χ4v) is 1.33. The van der Waals surface area contributed by atoms with Gasteiger partial charge in [0.05, 0.1) is 0 Å². The van der Waals surface area contributed by atoms with Gasteiger partial charge in [-0.3, -0.25) is 0 Å². The Morgan fingerprint density at radius 2 is 1.92 bits per heavy atom. The lowest BCUT2D eigenvalue weighted by Crippen LogP contribution is -2.04. The molecular formula is C9H10BrNO. The molecule has 0 spiro atoms. The highest BCUT2D eigenvalue weighted by molar-refractivity contribution is 8.93. The first-order valence-electron chi connectivity index (χ1n) is 3.53. The van der Waals surface area contributed by atoms with Gasteiger partial charge in [0.15, 0.2) is 0 Å². The van der Waals surface area contributed by atoms with E-state index in [4.69, 9.17) is 5.73 Å². The predicted octanol–water partition coefficient (Wildman–Crippen LogP) is 1.61. The normalized spacial score (nSPS) is 19.4. The summed E-state index contributed by atoms with van der Waals surface area (Å²) in [5, 5.41) is 9.46. The largest absolute Gasteiger partial charge is 0.400 e. The van der Waals surface area contributed by atoms with Gasteiger partial charge in [0, 0.05) is 5.70 Å². The number of aliphatic hydroxyl groups excluding tert-OH is 1. The number of hydrogen-bond acceptors (Lipinski definition) is 2. The molecule has 0 saturated carbocycles. The molecule has 1 aromatic rings. The summed E-state index contributed by atoms with van der Waals surface area (Å²) < 4.78 is 0. The Kier molecular flexibility index (Phi) is 2.55. The van der Waals surface area contributed by atoms with Crippen LogP contribution in [0.25, 0.3) is 6.08 Å². The molecule has 64 valence electrons. The Labute approximate surface area is 81.5 Å². The number of aliphatic hydroxyl groups is 1. The number of fused-ring (bicyclic) bond motifs is 1. The van der Waals surface area contributed by atoms with E-state index < -0.39 is 6.10 Å². The summed E-state index contributed by atoms with van der Waals surface area (Å²) in [7, 11) is 0. The van der Waals surface area contributed by atoms with Crippen molar-refractivity contribution in [3.8, 4) is 0 Å². The van der Waals surface area contributed by atoms with Crippen molar-refractivity contribution in [2.75, 3.05) is 0 Å². The zero-order valence-electron chi connectivity index (χ0n) is 6.40. The van der Waals surface area contributed by atoms with Gasteiger partial charge in [-0.15, -0.1) is 17.0 Å². The zero-order valence-corrected chi connectivity index (χ0v) is 8.11. The molecule has 3 heteroatoms. The second-order valence-corrected chi connectivity index (χ2v) is 2.68. The van der Waals surface area contributed by atoms with E-state index in [1.807, 2.05) is 24.3 Å². The third-order valence-corrected chi connectivity index (χ3v) is 1.93. The molecule has 0 saturated heterocycles. The lowest BCUT2D eigenvalue weighted by atomic mass is 10.1. The SMILES string of the molecule is Br.NC1=Cc2ccccc2C1O. The van der Waals surface area contributed by atoms with Crippen molar-refractivity contribution in [1.82, 2.24) is 0 Å². The van der Waals surface area contributed by atoms with Crippen LogP contribution in [-0.4, -0.2) is 5.11 Å². The molecule has 1 aromatic carbocycles. The summed E-state index contributed by atoms with van der Waals surface area (Å²) in [5.74, 6) is 0. The fourth-order valence-electron chi connectivity index (χ4n) is 1.33. The maximum atomic E-state index is 9.46. The van der Waals surface area contributed by atoms with Crippen LogP contribution < -0.4 is 5.73 Å². The van der Waals surface area contributed by atoms with Crippen LogP contribution in [0.5, 0.6) is 0 Å². The Bertz CT molecular complexity index is 322. The number of hydrogen-bond donors (Lipinski definition) is 2. The first-order valence-corrected chi connectivity index (χ1v) is 3.53. The van der Waals surface area contributed by atoms with Gasteiger partial charge >= 0.3 is 0 Å². The Balaban J connectivity index is 0.000000720. The van der Waals surface area contributed by atoms with E-state index in [1.54, 1.807) is 6.08 Å². The van der Waals surface area contributed by atoms with Crippen LogP contribution >= 0.6 is 17.0 Å². The number of nitrogens with two attached hydrogens (primary N) is 1. The smallest absolute Gasteiger partial charge is 0.119 e. The molecule has 2 nitrogen and oxygen atoms in total. The van der Waals surface area contributed by atoms with E-state index >= 15 is 0 Å². The second-order valence-electron chi connectivity index (χ2n) is 2.68. The molecule has 3 N–H and O–H groups in total. The first kappa shape index (κ1) is 9.29. The minimum Gasteiger partial charge on any atom is -0.400 e. The monoisotopic (exact) mass is 227 g/mol. The minimum atomic E-state index is -0.591. The van der Waals surface area contributed by atoms with Crippen molar-refractivity contribution in [2.24, 2.45) is 5.73 Å². The molecule has 0 amide bonds. The highest BCUT2D eigenvalue weighted by Crippen LogP contribution is 2.30. The Morgan fingerprint density at radius 1 is 1.25 bits per heavy atom. The van der Waals surface area contributed by atoms with Crippen molar-refractivity contribution in [3.05, 3.63) is 41.1 Å². The van der Waals surface area contributed by atoms with Crippen molar-refractivity contribution >= 4 is 23.1 Å². The predicted molar refractivity (Wildman–Crippen MR) is 53.9 cm³/mol. The van der Waals surface area contributed by atoms with Crippen LogP contribution in [0, 0.1) is 0 Å². The lowest BCUT2D eigenvalue weighted by Gasteiger charge is -2.04. The summed E-state index contributed by atoms with van der Waals surface area (Å²) in [4.78, 5) is 0. The van der Waals surface area contributed by atoms with Gasteiger partial charge in [-0.05, 0) is 17.2 Å². The van der Waals surface area contributed by atoms with Crippen LogP contribution in [0.2, 0.25) is 0 Å². The topological polar surface area (TPSA) is 46.2 Å². The molecule has 0 aliphatic heterocycles. The van der Waals surface area contributed by atoms with Gasteiger partial charge in [0.25, 0.3) is 0 Å². The molecule has 0 aromatic heterocycles. The molecule has 12 heavy (non-hydrogen) atoms. The lowest BCUT2D eigenvalue weighted by molar-refractivity contribution is 0.218. The molecule has 1 aliphatic carbocycles. The third-order valence-electron chi connectivity index (χ3n) is 1.93. The van der Waals surface area contributed by atoms with Crippen LogP contribution in [0.3, 0.4) is 0 Å². The number of benzene rings is 1. The maximum Gasteiger partial charge on any atom is 0.119 e. The van der Waals surface area contributed by atoms with Crippen molar-refractivity contribution in [3.63, 3.8) is 0 Å². The van der Waals surface area contributed by atoms with Gasteiger partial charge in [0.1, 0.15) is 6.10 Å². The molecule has 0 heterocycles. The van der Waals surface area contributed by atoms with Crippen molar-refractivity contribution in [1.29, 1.82) is 0 Å². The second kappa shape index (κ2) is 3.29. The molecule has 1 unspecified atom stereocenters. The van der Waals surface area contributed by atoms with E-state index in [-0.39, 0.29) is 17.0 Å². The molecule has 1 atom stereocenters. The van der Waals surface area contributed by atoms with Crippen LogP contribution in [0.4, 0.5) is 0 Å². The molecule has 2 rings (SSSR count). The van der Waals surface area contributed by atoms with E-state index in [0.29, 0.717) is 5.70 Å². The average molecular weight is 228 g/mol.